The molecular weight excluding hydrogens is 448 g/mol. The highest BCUT2D eigenvalue weighted by Crippen LogP contribution is 2.57. The first-order chi connectivity index (χ1) is 18.2. The lowest BCUT2D eigenvalue weighted by Crippen LogP contribution is -2.23. The molecule has 0 fully saturated rings. The van der Waals surface area contributed by atoms with Gasteiger partial charge in [0.25, 0.3) is 0 Å². The summed E-state index contributed by atoms with van der Waals surface area (Å²) in [4.78, 5) is 0. The molecule has 6 aromatic rings. The van der Waals surface area contributed by atoms with Crippen LogP contribution in [0.15, 0.2) is 127 Å². The fourth-order valence-corrected chi connectivity index (χ4v) is 6.74. The van der Waals surface area contributed by atoms with Crippen molar-refractivity contribution in [2.75, 3.05) is 0 Å². The van der Waals surface area contributed by atoms with E-state index >= 15 is 0 Å². The second-order valence-electron chi connectivity index (χ2n) is 10.2. The Morgan fingerprint density at radius 3 is 1.95 bits per heavy atom. The van der Waals surface area contributed by atoms with E-state index in [4.69, 9.17) is 4.74 Å². The molecule has 1 heteroatoms. The Labute approximate surface area is 216 Å². The van der Waals surface area contributed by atoms with Gasteiger partial charge in [0.2, 0.25) is 0 Å². The van der Waals surface area contributed by atoms with Crippen LogP contribution < -0.4 is 4.74 Å². The highest BCUT2D eigenvalue weighted by molar-refractivity contribution is 6.08. The number of hydrogen-bond acceptors (Lipinski definition) is 1. The molecule has 0 amide bonds. The summed E-state index contributed by atoms with van der Waals surface area (Å²) in [6, 6.07) is 46.0. The molecule has 1 heterocycles. The molecule has 1 unspecified atom stereocenters. The van der Waals surface area contributed by atoms with Crippen molar-refractivity contribution in [2.24, 2.45) is 0 Å². The van der Waals surface area contributed by atoms with Crippen LogP contribution in [0, 0.1) is 0 Å². The summed E-state index contributed by atoms with van der Waals surface area (Å²) in [5.41, 5.74) is 11.3. The molecule has 0 N–H and O–H groups in total. The molecule has 8 rings (SSSR count). The molecule has 1 atom stereocenters. The van der Waals surface area contributed by atoms with Gasteiger partial charge in [-0.1, -0.05) is 115 Å². The van der Waals surface area contributed by atoms with E-state index in [0.717, 1.165) is 11.5 Å². The van der Waals surface area contributed by atoms with Crippen molar-refractivity contribution < 1.29 is 4.74 Å². The van der Waals surface area contributed by atoms with Crippen LogP contribution in [-0.4, -0.2) is 0 Å². The van der Waals surface area contributed by atoms with Gasteiger partial charge in [-0.05, 0) is 69.0 Å². The molecule has 37 heavy (non-hydrogen) atoms. The fourth-order valence-electron chi connectivity index (χ4n) is 6.74. The Hall–Kier alpha value is -4.62. The van der Waals surface area contributed by atoms with Gasteiger partial charge in [0, 0.05) is 16.4 Å². The predicted octanol–water partition coefficient (Wildman–Crippen LogP) is 9.61. The number of rotatable bonds is 2. The number of benzene rings is 6. The number of ether oxygens (including phenoxy) is 1. The van der Waals surface area contributed by atoms with E-state index in [9.17, 15) is 0 Å². The van der Waals surface area contributed by atoms with Gasteiger partial charge in [-0.15, -0.1) is 0 Å². The molecule has 0 bridgehead atoms. The third-order valence-corrected chi connectivity index (χ3v) is 8.34. The van der Waals surface area contributed by atoms with Crippen LogP contribution in [0.4, 0.5) is 0 Å². The first-order valence-electron chi connectivity index (χ1n) is 12.9. The Morgan fingerprint density at radius 2 is 1.08 bits per heavy atom. The molecule has 0 saturated carbocycles. The molecular formula is C36H24O. The van der Waals surface area contributed by atoms with Gasteiger partial charge in [-0.25, -0.2) is 0 Å². The molecule has 1 nitrogen and oxygen atoms in total. The SMILES string of the molecule is CC1(c2ccccc2)c2ccccc2-c2cccc(-c3cccc4c3-c3cccc5cccc(c35)O4)c21. The maximum atomic E-state index is 6.53. The van der Waals surface area contributed by atoms with Crippen molar-refractivity contribution in [3.05, 3.63) is 144 Å². The standard InChI is InChI=1S/C36H24O/c1-36(24-13-3-2-4-14-24)30-20-6-5-15-25(30)27-17-9-18-28(35(27)36)26-16-10-22-32-34(26)29-19-7-11-23-12-8-21-31(37-32)33(23)29/h2-22H,1H3. The lowest BCUT2D eigenvalue weighted by molar-refractivity contribution is 0.487. The second kappa shape index (κ2) is 7.44. The highest BCUT2D eigenvalue weighted by Gasteiger charge is 2.42. The van der Waals surface area contributed by atoms with Gasteiger partial charge >= 0.3 is 0 Å². The average Bonchev–Trinajstić information content (AvgIpc) is 3.23. The molecule has 1 aliphatic carbocycles. The normalized spacial score (nSPS) is 16.6. The van der Waals surface area contributed by atoms with E-state index in [0.29, 0.717) is 0 Å². The summed E-state index contributed by atoms with van der Waals surface area (Å²) >= 11 is 0. The summed E-state index contributed by atoms with van der Waals surface area (Å²) in [6.45, 7) is 2.39. The molecule has 6 aromatic carbocycles. The summed E-state index contributed by atoms with van der Waals surface area (Å²) in [6.07, 6.45) is 0. The lowest BCUT2D eigenvalue weighted by Gasteiger charge is -2.31. The molecule has 0 saturated heterocycles. The van der Waals surface area contributed by atoms with Gasteiger partial charge in [0.1, 0.15) is 11.5 Å². The Kier molecular flexibility index (Phi) is 4.14. The van der Waals surface area contributed by atoms with Gasteiger partial charge in [0.05, 0.1) is 0 Å². The maximum absolute atomic E-state index is 6.53. The van der Waals surface area contributed by atoms with E-state index in [1.165, 1.54) is 60.8 Å². The smallest absolute Gasteiger partial charge is 0.135 e. The highest BCUT2D eigenvalue weighted by atomic mass is 16.5. The zero-order chi connectivity index (χ0) is 24.6. The molecule has 0 radical (unpaired) electrons. The van der Waals surface area contributed by atoms with E-state index in [2.05, 4.69) is 134 Å². The summed E-state index contributed by atoms with van der Waals surface area (Å²) < 4.78 is 6.53. The van der Waals surface area contributed by atoms with Crippen LogP contribution in [0.2, 0.25) is 0 Å². The minimum absolute atomic E-state index is 0.272. The van der Waals surface area contributed by atoms with E-state index in [1.54, 1.807) is 0 Å². The molecule has 1 aliphatic heterocycles. The predicted molar refractivity (Wildman–Crippen MR) is 152 cm³/mol. The molecule has 2 aliphatic rings. The molecule has 0 spiro atoms. The third-order valence-electron chi connectivity index (χ3n) is 8.34. The number of hydrogen-bond donors (Lipinski definition) is 0. The fraction of sp³-hybridized carbons (Fsp3) is 0.0556. The maximum Gasteiger partial charge on any atom is 0.135 e. The van der Waals surface area contributed by atoms with Crippen molar-refractivity contribution in [1.29, 1.82) is 0 Å². The quantitative estimate of drug-likeness (QED) is 0.243. The van der Waals surface area contributed by atoms with Crippen molar-refractivity contribution in [3.63, 3.8) is 0 Å². The van der Waals surface area contributed by atoms with Crippen LogP contribution in [0.3, 0.4) is 0 Å². The van der Waals surface area contributed by atoms with E-state index in [-0.39, 0.29) is 5.41 Å². The van der Waals surface area contributed by atoms with Gasteiger partial charge in [-0.3, -0.25) is 0 Å². The van der Waals surface area contributed by atoms with Crippen molar-refractivity contribution >= 4 is 10.8 Å². The van der Waals surface area contributed by atoms with Gasteiger partial charge in [0.15, 0.2) is 0 Å². The monoisotopic (exact) mass is 472 g/mol. The summed E-state index contributed by atoms with van der Waals surface area (Å²) in [5.74, 6) is 1.84. The first kappa shape index (κ1) is 20.6. The van der Waals surface area contributed by atoms with E-state index in [1.807, 2.05) is 0 Å². The van der Waals surface area contributed by atoms with Crippen molar-refractivity contribution in [2.45, 2.75) is 12.3 Å². The van der Waals surface area contributed by atoms with Gasteiger partial charge < -0.3 is 4.74 Å². The van der Waals surface area contributed by atoms with Crippen LogP contribution in [0.25, 0.3) is 44.2 Å². The molecule has 0 aromatic heterocycles. The first-order valence-corrected chi connectivity index (χ1v) is 12.9. The van der Waals surface area contributed by atoms with Gasteiger partial charge in [-0.2, -0.15) is 0 Å². The molecule has 174 valence electrons. The lowest BCUT2D eigenvalue weighted by atomic mass is 9.71. The Morgan fingerprint density at radius 1 is 0.486 bits per heavy atom. The van der Waals surface area contributed by atoms with Crippen LogP contribution in [0.5, 0.6) is 11.5 Å². The van der Waals surface area contributed by atoms with Crippen molar-refractivity contribution in [1.82, 2.24) is 0 Å². The average molecular weight is 473 g/mol. The summed E-state index contributed by atoms with van der Waals surface area (Å²) in [5, 5.41) is 2.39. The van der Waals surface area contributed by atoms with Crippen molar-refractivity contribution in [3.8, 4) is 44.9 Å². The minimum Gasteiger partial charge on any atom is -0.456 e. The largest absolute Gasteiger partial charge is 0.456 e. The Bertz CT molecular complexity index is 1860. The zero-order valence-corrected chi connectivity index (χ0v) is 20.5. The second-order valence-corrected chi connectivity index (χ2v) is 10.2. The van der Waals surface area contributed by atoms with Crippen LogP contribution >= 0.6 is 0 Å². The topological polar surface area (TPSA) is 9.23 Å². The summed E-state index contributed by atoms with van der Waals surface area (Å²) in [7, 11) is 0. The third kappa shape index (κ3) is 2.69. The Balaban J connectivity index is 1.47. The zero-order valence-electron chi connectivity index (χ0n) is 20.5. The van der Waals surface area contributed by atoms with Crippen LogP contribution in [-0.2, 0) is 5.41 Å². The van der Waals surface area contributed by atoms with E-state index < -0.39 is 0 Å². The minimum atomic E-state index is -0.272. The number of fused-ring (bicyclic) bond motifs is 5. The van der Waals surface area contributed by atoms with Crippen LogP contribution in [0.1, 0.15) is 23.6 Å².